The summed E-state index contributed by atoms with van der Waals surface area (Å²) in [5.74, 6) is 1.60. The normalized spacial score (nSPS) is 28.7. The highest BCUT2D eigenvalue weighted by Crippen LogP contribution is 2.36. The van der Waals surface area contributed by atoms with Crippen molar-refractivity contribution in [3.63, 3.8) is 0 Å². The summed E-state index contributed by atoms with van der Waals surface area (Å²) < 4.78 is 18.5. The number of benzene rings is 1. The van der Waals surface area contributed by atoms with Gasteiger partial charge in [0.25, 0.3) is 0 Å². The third kappa shape index (κ3) is 3.66. The Kier molecular flexibility index (Phi) is 5.39. The van der Waals surface area contributed by atoms with E-state index in [1.54, 1.807) is 7.11 Å². The highest BCUT2D eigenvalue weighted by molar-refractivity contribution is 5.82. The second-order valence-electron chi connectivity index (χ2n) is 10.5. The summed E-state index contributed by atoms with van der Waals surface area (Å²) in [5.41, 5.74) is 3.33. The fraction of sp³-hybridized carbons (Fsp3) is 0.577. The first-order valence-electron chi connectivity index (χ1n) is 12.9. The Morgan fingerprint density at radius 3 is 2.61 bits per heavy atom. The lowest BCUT2D eigenvalue weighted by atomic mass is 9.83. The molecule has 4 fully saturated rings. The number of hydrogen-bond donors (Lipinski definition) is 1. The second-order valence-corrected chi connectivity index (χ2v) is 10.5. The molecule has 6 heterocycles. The van der Waals surface area contributed by atoms with E-state index >= 15 is 0 Å². The van der Waals surface area contributed by atoms with Gasteiger partial charge >= 0.3 is 6.01 Å². The van der Waals surface area contributed by atoms with Gasteiger partial charge in [-0.05, 0) is 49.6 Å². The van der Waals surface area contributed by atoms with Gasteiger partial charge in [0.15, 0.2) is 5.82 Å². The lowest BCUT2D eigenvalue weighted by Crippen LogP contribution is -2.55. The average molecular weight is 493 g/mol. The minimum absolute atomic E-state index is 0.0886. The number of aromatic nitrogens is 4. The molecule has 1 aromatic carbocycles. The van der Waals surface area contributed by atoms with Crippen LogP contribution in [0.2, 0.25) is 0 Å². The number of rotatable bonds is 5. The van der Waals surface area contributed by atoms with Crippen LogP contribution in [0.1, 0.15) is 29.9 Å². The molecule has 4 saturated heterocycles. The summed E-state index contributed by atoms with van der Waals surface area (Å²) in [7, 11) is 1.59. The van der Waals surface area contributed by atoms with Gasteiger partial charge in [0, 0.05) is 30.5 Å². The van der Waals surface area contributed by atoms with Crippen molar-refractivity contribution in [2.75, 3.05) is 51.5 Å². The molecule has 2 aromatic heterocycles. The number of β-amino-alcohol motifs (C(OH)–C–C–N with tert-alkyl or cyclic N) is 1. The maximum atomic E-state index is 11.1. The van der Waals surface area contributed by atoms with E-state index in [0.29, 0.717) is 30.5 Å². The van der Waals surface area contributed by atoms with Crippen LogP contribution in [0.25, 0.3) is 16.7 Å². The molecule has 10 heteroatoms. The second kappa shape index (κ2) is 8.65. The lowest BCUT2D eigenvalue weighted by Gasteiger charge is -2.43. The summed E-state index contributed by atoms with van der Waals surface area (Å²) >= 11 is 0. The molecule has 7 rings (SSSR count). The van der Waals surface area contributed by atoms with E-state index in [-0.39, 0.29) is 12.0 Å². The summed E-state index contributed by atoms with van der Waals surface area (Å²) in [6.07, 6.45) is 3.69. The number of piperidine rings is 1. The summed E-state index contributed by atoms with van der Waals surface area (Å²) in [6.45, 7) is 6.90. The molecule has 0 aliphatic carbocycles. The smallest absolute Gasteiger partial charge is 0.320 e. The fourth-order valence-corrected chi connectivity index (χ4v) is 6.30. The van der Waals surface area contributed by atoms with Crippen molar-refractivity contribution < 1.29 is 19.3 Å². The van der Waals surface area contributed by atoms with Crippen LogP contribution in [0, 0.1) is 6.92 Å². The Balaban J connectivity index is 1.24. The predicted octanol–water partition coefficient (Wildman–Crippen LogP) is 1.66. The molecule has 10 nitrogen and oxygen atoms in total. The number of morpholine rings is 1. The fourth-order valence-electron chi connectivity index (χ4n) is 6.30. The van der Waals surface area contributed by atoms with Gasteiger partial charge in [0.1, 0.15) is 5.82 Å². The largest absolute Gasteiger partial charge is 0.467 e. The van der Waals surface area contributed by atoms with E-state index in [4.69, 9.17) is 19.3 Å². The van der Waals surface area contributed by atoms with Crippen molar-refractivity contribution in [1.82, 2.24) is 24.6 Å². The Morgan fingerprint density at radius 2 is 1.92 bits per heavy atom. The van der Waals surface area contributed by atoms with E-state index in [1.807, 2.05) is 16.9 Å². The molecule has 4 atom stereocenters. The molecule has 0 amide bonds. The first-order valence-corrected chi connectivity index (χ1v) is 12.9. The topological polar surface area (TPSA) is 98.0 Å². The van der Waals surface area contributed by atoms with Crippen LogP contribution >= 0.6 is 0 Å². The van der Waals surface area contributed by atoms with Crippen LogP contribution in [-0.4, -0.2) is 101 Å². The standard InChI is InChI=1S/C26H32N6O4/c1-15-5-16-9-27-32(22(16)7-21(15)20-3-4-30(11-23(20)33)18-12-35-13-18)25-8-24(28-26(29-25)34-2)31-10-19-6-17(31)14-36-19/h5,7-9,17-20,23,33H,3-4,6,10-14H2,1-2H3/t17-,19-,20-,23-/m1/s1. The van der Waals surface area contributed by atoms with Gasteiger partial charge in [-0.15, -0.1) is 0 Å². The Morgan fingerprint density at radius 1 is 1.06 bits per heavy atom. The number of methoxy groups -OCH3 is 1. The molecular weight excluding hydrogens is 460 g/mol. The molecule has 190 valence electrons. The molecule has 4 aliphatic heterocycles. The number of likely N-dealkylation sites (tertiary alicyclic amines) is 1. The predicted molar refractivity (Wildman–Crippen MR) is 133 cm³/mol. The maximum absolute atomic E-state index is 11.1. The molecule has 1 N–H and O–H groups in total. The molecule has 2 bridgehead atoms. The number of fused-ring (bicyclic) bond motifs is 3. The molecule has 36 heavy (non-hydrogen) atoms. The molecule has 0 radical (unpaired) electrons. The number of nitrogens with zero attached hydrogens (tertiary/aromatic N) is 6. The summed E-state index contributed by atoms with van der Waals surface area (Å²) in [4.78, 5) is 13.9. The molecular formula is C26H32N6O4. The first kappa shape index (κ1) is 22.4. The molecule has 0 spiro atoms. The molecule has 4 aliphatic rings. The first-order chi connectivity index (χ1) is 17.6. The Labute approximate surface area is 209 Å². The third-order valence-electron chi connectivity index (χ3n) is 8.38. The number of anilines is 1. The minimum atomic E-state index is -0.412. The van der Waals surface area contributed by atoms with Crippen LogP contribution in [0.15, 0.2) is 24.4 Å². The zero-order valence-electron chi connectivity index (χ0n) is 20.7. The quantitative estimate of drug-likeness (QED) is 0.570. The van der Waals surface area contributed by atoms with Gasteiger partial charge in [-0.25, -0.2) is 4.68 Å². The van der Waals surface area contributed by atoms with Crippen LogP contribution < -0.4 is 9.64 Å². The SMILES string of the molecule is COc1nc(N2C[C@H]3C[C@@H]2CO3)cc(-n2ncc3cc(C)c([C@H]4CCN(C5COC5)C[C@H]4O)cc32)n1. The third-order valence-corrected chi connectivity index (χ3v) is 8.38. The Bertz CT molecular complexity index is 1290. The average Bonchev–Trinajstić information content (AvgIpc) is 3.58. The number of ether oxygens (including phenoxy) is 3. The lowest BCUT2D eigenvalue weighted by molar-refractivity contribution is -0.0888. The van der Waals surface area contributed by atoms with Gasteiger partial charge in [-0.1, -0.05) is 0 Å². The zero-order valence-corrected chi connectivity index (χ0v) is 20.7. The number of aryl methyl sites for hydroxylation is 1. The molecule has 0 saturated carbocycles. The van der Waals surface area contributed by atoms with Gasteiger partial charge < -0.3 is 24.2 Å². The van der Waals surface area contributed by atoms with E-state index < -0.39 is 6.10 Å². The van der Waals surface area contributed by atoms with Crippen molar-refractivity contribution >= 4 is 16.7 Å². The van der Waals surface area contributed by atoms with Gasteiger partial charge in [-0.3, -0.25) is 4.90 Å². The highest BCUT2D eigenvalue weighted by atomic mass is 16.5. The maximum Gasteiger partial charge on any atom is 0.320 e. The number of hydrogen-bond acceptors (Lipinski definition) is 9. The van der Waals surface area contributed by atoms with Gasteiger partial charge in [0.05, 0.1) is 62.9 Å². The van der Waals surface area contributed by atoms with Gasteiger partial charge in [0.2, 0.25) is 0 Å². The van der Waals surface area contributed by atoms with Gasteiger partial charge in [-0.2, -0.15) is 15.1 Å². The van der Waals surface area contributed by atoms with Crippen LogP contribution in [0.3, 0.4) is 0 Å². The van der Waals surface area contributed by atoms with Crippen molar-refractivity contribution in [3.05, 3.63) is 35.5 Å². The summed E-state index contributed by atoms with van der Waals surface area (Å²) in [6, 6.07) is 7.46. The Hall–Kier alpha value is -2.79. The monoisotopic (exact) mass is 492 g/mol. The minimum Gasteiger partial charge on any atom is -0.467 e. The van der Waals surface area contributed by atoms with Crippen molar-refractivity contribution in [2.24, 2.45) is 0 Å². The van der Waals surface area contributed by atoms with Crippen LogP contribution in [0.4, 0.5) is 5.82 Å². The van der Waals surface area contributed by atoms with E-state index in [2.05, 4.69) is 38.8 Å². The zero-order chi connectivity index (χ0) is 24.4. The van der Waals surface area contributed by atoms with Crippen molar-refractivity contribution in [2.45, 2.75) is 50.0 Å². The van der Waals surface area contributed by atoms with E-state index in [9.17, 15) is 5.11 Å². The number of aliphatic hydroxyl groups is 1. The number of aliphatic hydroxyl groups excluding tert-OH is 1. The van der Waals surface area contributed by atoms with Crippen molar-refractivity contribution in [1.29, 1.82) is 0 Å². The highest BCUT2D eigenvalue weighted by Gasteiger charge is 2.40. The van der Waals surface area contributed by atoms with Crippen molar-refractivity contribution in [3.8, 4) is 11.8 Å². The molecule has 0 unspecified atom stereocenters. The summed E-state index contributed by atoms with van der Waals surface area (Å²) in [5, 5.41) is 16.9. The van der Waals surface area contributed by atoms with Crippen LogP contribution in [0.5, 0.6) is 6.01 Å². The van der Waals surface area contributed by atoms with E-state index in [1.165, 1.54) is 11.1 Å². The van der Waals surface area contributed by atoms with E-state index in [0.717, 1.165) is 62.5 Å². The molecule has 3 aromatic rings. The van der Waals surface area contributed by atoms with Crippen LogP contribution in [-0.2, 0) is 9.47 Å².